The summed E-state index contributed by atoms with van der Waals surface area (Å²) in [5.41, 5.74) is 0. The molecule has 23 heavy (non-hydrogen) atoms. The molecule has 2 atom stereocenters. The van der Waals surface area contributed by atoms with Crippen LogP contribution in [-0.4, -0.2) is 40.7 Å². The average Bonchev–Trinajstić information content (AvgIpc) is 2.94. The monoisotopic (exact) mass is 329 g/mol. The van der Waals surface area contributed by atoms with Crippen molar-refractivity contribution in [3.05, 3.63) is 42.5 Å². The smallest absolute Gasteiger partial charge is 0.308 e. The zero-order chi connectivity index (χ0) is 16.4. The summed E-state index contributed by atoms with van der Waals surface area (Å²) in [6, 6.07) is 14.3. The minimum absolute atomic E-state index is 0.0127. The topological polar surface area (TPSA) is 57.6 Å². The Morgan fingerprint density at radius 3 is 2.61 bits per heavy atom. The molecule has 1 saturated heterocycles. The first-order chi connectivity index (χ1) is 11.0. The van der Waals surface area contributed by atoms with Crippen molar-refractivity contribution in [2.75, 3.05) is 18.8 Å². The third-order valence-electron chi connectivity index (χ3n) is 4.37. The molecule has 0 saturated carbocycles. The van der Waals surface area contributed by atoms with Crippen LogP contribution in [-0.2, 0) is 9.59 Å². The Morgan fingerprint density at radius 2 is 1.91 bits per heavy atom. The highest BCUT2D eigenvalue weighted by Gasteiger charge is 2.36. The zero-order valence-corrected chi connectivity index (χ0v) is 13.8. The molecule has 3 rings (SSSR count). The summed E-state index contributed by atoms with van der Waals surface area (Å²) in [7, 11) is 0. The number of hydrogen-bond donors (Lipinski definition) is 1. The number of amides is 1. The fourth-order valence-electron chi connectivity index (χ4n) is 2.99. The Kier molecular flexibility index (Phi) is 4.57. The molecule has 0 aliphatic carbocycles. The van der Waals surface area contributed by atoms with Crippen LogP contribution in [0.25, 0.3) is 10.8 Å². The molecule has 2 aromatic carbocycles. The number of fused-ring (bicyclic) bond motifs is 1. The first kappa shape index (κ1) is 15.9. The molecular formula is C18H19NO3S. The summed E-state index contributed by atoms with van der Waals surface area (Å²) in [5.74, 6) is -0.877. The summed E-state index contributed by atoms with van der Waals surface area (Å²) >= 11 is 1.50. The molecule has 2 aromatic rings. The zero-order valence-electron chi connectivity index (χ0n) is 12.9. The van der Waals surface area contributed by atoms with E-state index in [1.54, 1.807) is 4.90 Å². The first-order valence-electron chi connectivity index (χ1n) is 7.67. The van der Waals surface area contributed by atoms with Gasteiger partial charge < -0.3 is 10.0 Å². The lowest BCUT2D eigenvalue weighted by molar-refractivity contribution is -0.142. The Hall–Kier alpha value is -2.01. The second-order valence-electron chi connectivity index (χ2n) is 6.02. The van der Waals surface area contributed by atoms with Gasteiger partial charge in [-0.15, -0.1) is 11.8 Å². The van der Waals surface area contributed by atoms with Crippen LogP contribution in [0.4, 0.5) is 0 Å². The second-order valence-corrected chi connectivity index (χ2v) is 7.07. The summed E-state index contributed by atoms with van der Waals surface area (Å²) in [5, 5.41) is 11.5. The van der Waals surface area contributed by atoms with Crippen molar-refractivity contribution in [1.29, 1.82) is 0 Å². The maximum Gasteiger partial charge on any atom is 0.308 e. The Labute approximate surface area is 139 Å². The summed E-state index contributed by atoms with van der Waals surface area (Å²) in [6.45, 7) is 2.75. The molecule has 1 heterocycles. The number of hydrogen-bond acceptors (Lipinski definition) is 3. The van der Waals surface area contributed by atoms with Crippen LogP contribution in [0, 0.1) is 11.8 Å². The van der Waals surface area contributed by atoms with Gasteiger partial charge in [-0.3, -0.25) is 9.59 Å². The van der Waals surface area contributed by atoms with E-state index < -0.39 is 11.9 Å². The van der Waals surface area contributed by atoms with Gasteiger partial charge in [-0.2, -0.15) is 0 Å². The fraction of sp³-hybridized carbons (Fsp3) is 0.333. The average molecular weight is 329 g/mol. The van der Waals surface area contributed by atoms with Crippen LogP contribution in [0.15, 0.2) is 47.4 Å². The van der Waals surface area contributed by atoms with Gasteiger partial charge in [0.15, 0.2) is 0 Å². The molecule has 0 radical (unpaired) electrons. The Morgan fingerprint density at radius 1 is 1.17 bits per heavy atom. The highest BCUT2D eigenvalue weighted by molar-refractivity contribution is 8.00. The van der Waals surface area contributed by atoms with Gasteiger partial charge in [0.25, 0.3) is 0 Å². The molecule has 1 fully saturated rings. The number of rotatable bonds is 4. The van der Waals surface area contributed by atoms with E-state index in [4.69, 9.17) is 5.11 Å². The molecule has 0 aromatic heterocycles. The quantitative estimate of drug-likeness (QED) is 0.876. The lowest BCUT2D eigenvalue weighted by Gasteiger charge is -2.15. The first-order valence-corrected chi connectivity index (χ1v) is 8.65. The van der Waals surface area contributed by atoms with Crippen molar-refractivity contribution in [2.24, 2.45) is 11.8 Å². The minimum atomic E-state index is -0.810. The van der Waals surface area contributed by atoms with E-state index in [1.807, 2.05) is 25.1 Å². The number of benzene rings is 2. The van der Waals surface area contributed by atoms with E-state index in [0.717, 1.165) is 10.3 Å². The van der Waals surface area contributed by atoms with Crippen molar-refractivity contribution in [3.8, 4) is 0 Å². The fourth-order valence-corrected chi connectivity index (χ4v) is 3.83. The number of carboxylic acids is 1. The van der Waals surface area contributed by atoms with Crippen molar-refractivity contribution < 1.29 is 14.7 Å². The standard InChI is InChI=1S/C18H19NO3S/c1-12-9-19(10-16(12)18(21)22)17(20)11-23-15-7-6-13-4-2-3-5-14(13)8-15/h2-8,12,16H,9-11H2,1H3,(H,21,22)/t12-,16-/m1/s1. The van der Waals surface area contributed by atoms with E-state index in [1.165, 1.54) is 17.1 Å². The molecule has 5 heteroatoms. The maximum absolute atomic E-state index is 12.3. The number of likely N-dealkylation sites (tertiary alicyclic amines) is 1. The molecule has 1 aliphatic heterocycles. The van der Waals surface area contributed by atoms with Gasteiger partial charge in [-0.05, 0) is 28.8 Å². The van der Waals surface area contributed by atoms with E-state index in [2.05, 4.69) is 24.3 Å². The highest BCUT2D eigenvalue weighted by atomic mass is 32.2. The molecule has 0 unspecified atom stereocenters. The third kappa shape index (κ3) is 3.50. The van der Waals surface area contributed by atoms with Crippen LogP contribution in [0.3, 0.4) is 0 Å². The molecule has 120 valence electrons. The summed E-state index contributed by atoms with van der Waals surface area (Å²) in [4.78, 5) is 26.2. The molecule has 4 nitrogen and oxygen atoms in total. The van der Waals surface area contributed by atoms with E-state index >= 15 is 0 Å². The van der Waals surface area contributed by atoms with Crippen molar-refractivity contribution in [3.63, 3.8) is 0 Å². The second kappa shape index (κ2) is 6.62. The van der Waals surface area contributed by atoms with Crippen LogP contribution in [0.2, 0.25) is 0 Å². The lowest BCUT2D eigenvalue weighted by Crippen LogP contribution is -2.31. The maximum atomic E-state index is 12.3. The van der Waals surface area contributed by atoms with E-state index in [0.29, 0.717) is 18.8 Å². The van der Waals surface area contributed by atoms with Crippen molar-refractivity contribution >= 4 is 34.4 Å². The molecule has 1 amide bonds. The van der Waals surface area contributed by atoms with Gasteiger partial charge >= 0.3 is 5.97 Å². The third-order valence-corrected chi connectivity index (χ3v) is 5.34. The molecule has 1 aliphatic rings. The largest absolute Gasteiger partial charge is 0.481 e. The number of carbonyl (C=O) groups is 2. The summed E-state index contributed by atoms with van der Waals surface area (Å²) in [6.07, 6.45) is 0. The van der Waals surface area contributed by atoms with E-state index in [9.17, 15) is 9.59 Å². The van der Waals surface area contributed by atoms with Gasteiger partial charge in [0, 0.05) is 18.0 Å². The normalized spacial score (nSPS) is 20.8. The molecule has 0 bridgehead atoms. The predicted octanol–water partition coefficient (Wildman–Crippen LogP) is 3.11. The Balaban J connectivity index is 1.61. The van der Waals surface area contributed by atoms with Crippen LogP contribution in [0.1, 0.15) is 6.92 Å². The van der Waals surface area contributed by atoms with E-state index in [-0.39, 0.29) is 11.8 Å². The van der Waals surface area contributed by atoms with Crippen molar-refractivity contribution in [1.82, 2.24) is 4.90 Å². The number of carbonyl (C=O) groups excluding carboxylic acids is 1. The van der Waals surface area contributed by atoms with Gasteiger partial charge in [0.05, 0.1) is 11.7 Å². The van der Waals surface area contributed by atoms with Crippen LogP contribution >= 0.6 is 11.8 Å². The molecular weight excluding hydrogens is 310 g/mol. The van der Waals surface area contributed by atoms with Crippen LogP contribution < -0.4 is 0 Å². The summed E-state index contributed by atoms with van der Waals surface area (Å²) < 4.78 is 0. The van der Waals surface area contributed by atoms with Gasteiger partial charge in [0.2, 0.25) is 5.91 Å². The van der Waals surface area contributed by atoms with Gasteiger partial charge in [0.1, 0.15) is 0 Å². The van der Waals surface area contributed by atoms with Crippen molar-refractivity contribution in [2.45, 2.75) is 11.8 Å². The van der Waals surface area contributed by atoms with Gasteiger partial charge in [-0.25, -0.2) is 0 Å². The number of carboxylic acid groups (broad SMARTS) is 1. The minimum Gasteiger partial charge on any atom is -0.481 e. The number of thioether (sulfide) groups is 1. The lowest BCUT2D eigenvalue weighted by atomic mass is 9.99. The SMILES string of the molecule is C[C@@H]1CN(C(=O)CSc2ccc3ccccc3c2)C[C@H]1C(=O)O. The number of nitrogens with zero attached hydrogens (tertiary/aromatic N) is 1. The predicted molar refractivity (Wildman–Crippen MR) is 91.5 cm³/mol. The molecule has 0 spiro atoms. The highest BCUT2D eigenvalue weighted by Crippen LogP contribution is 2.27. The number of aliphatic carboxylic acids is 1. The Bertz CT molecular complexity index is 746. The van der Waals surface area contributed by atoms with Crippen LogP contribution in [0.5, 0.6) is 0 Å². The van der Waals surface area contributed by atoms with Gasteiger partial charge in [-0.1, -0.05) is 37.3 Å². The molecule has 1 N–H and O–H groups in total.